The molecule has 7 heteroatoms. The number of methoxy groups -OCH3 is 2. The molecule has 1 N–H and O–H groups in total. The third-order valence-electron chi connectivity index (χ3n) is 4.78. The molecule has 0 aromatic heterocycles. The van der Waals surface area contributed by atoms with Gasteiger partial charge in [0, 0.05) is 12.0 Å². The van der Waals surface area contributed by atoms with Gasteiger partial charge >= 0.3 is 6.18 Å². The van der Waals surface area contributed by atoms with Gasteiger partial charge in [0.25, 0.3) is 0 Å². The topological polar surface area (TPSA) is 38.7 Å². The predicted molar refractivity (Wildman–Crippen MR) is 98.3 cm³/mol. The first-order valence-electron chi connectivity index (χ1n) is 8.68. The lowest BCUT2D eigenvalue weighted by molar-refractivity contribution is -0.266. The number of ether oxygens (including phenoxy) is 2. The molecule has 0 fully saturated rings. The smallest absolute Gasteiger partial charge is 0.417 e. The third kappa shape index (κ3) is 4.76. The SMILES string of the molecule is COc1cccc(CC(O)(CC(C)(C)c2cc(F)ccc2OC)C(F)(F)F)c1. The van der Waals surface area contributed by atoms with Crippen molar-refractivity contribution in [3.8, 4) is 11.5 Å². The minimum absolute atomic E-state index is 0.253. The van der Waals surface area contributed by atoms with Gasteiger partial charge in [0.2, 0.25) is 0 Å². The molecule has 0 aliphatic rings. The van der Waals surface area contributed by atoms with Gasteiger partial charge in [0.05, 0.1) is 14.2 Å². The lowest BCUT2D eigenvalue weighted by Gasteiger charge is -2.38. The highest BCUT2D eigenvalue weighted by atomic mass is 19.4. The van der Waals surface area contributed by atoms with Crippen LogP contribution in [0.3, 0.4) is 0 Å². The van der Waals surface area contributed by atoms with Crippen LogP contribution in [0, 0.1) is 5.82 Å². The molecule has 3 nitrogen and oxygen atoms in total. The molecule has 0 aliphatic heterocycles. The van der Waals surface area contributed by atoms with E-state index in [0.717, 1.165) is 6.07 Å². The molecule has 2 aromatic carbocycles. The van der Waals surface area contributed by atoms with Crippen LogP contribution in [0.2, 0.25) is 0 Å². The summed E-state index contributed by atoms with van der Waals surface area (Å²) in [5.41, 5.74) is -3.72. The highest BCUT2D eigenvalue weighted by Gasteiger charge is 2.56. The lowest BCUT2D eigenvalue weighted by atomic mass is 9.72. The number of hydrogen-bond donors (Lipinski definition) is 1. The first-order valence-corrected chi connectivity index (χ1v) is 8.68. The Labute approximate surface area is 161 Å². The Kier molecular flexibility index (Phi) is 6.28. The Morgan fingerprint density at radius 3 is 2.21 bits per heavy atom. The molecule has 0 bridgehead atoms. The zero-order valence-electron chi connectivity index (χ0n) is 16.2. The van der Waals surface area contributed by atoms with E-state index in [4.69, 9.17) is 9.47 Å². The van der Waals surface area contributed by atoms with Gasteiger partial charge in [-0.25, -0.2) is 4.39 Å². The maximum Gasteiger partial charge on any atom is 0.417 e. The maximum absolute atomic E-state index is 13.9. The van der Waals surface area contributed by atoms with Crippen LogP contribution in [0.4, 0.5) is 17.6 Å². The van der Waals surface area contributed by atoms with Crippen LogP contribution in [0.15, 0.2) is 42.5 Å². The fourth-order valence-corrected chi connectivity index (χ4v) is 3.42. The largest absolute Gasteiger partial charge is 0.497 e. The van der Waals surface area contributed by atoms with Gasteiger partial charge in [-0.15, -0.1) is 0 Å². The fraction of sp³-hybridized carbons (Fsp3) is 0.429. The molecule has 2 aromatic rings. The van der Waals surface area contributed by atoms with Crippen molar-refractivity contribution < 1.29 is 32.1 Å². The Morgan fingerprint density at radius 1 is 0.964 bits per heavy atom. The van der Waals surface area contributed by atoms with Crippen molar-refractivity contribution in [2.24, 2.45) is 0 Å². The molecule has 0 saturated carbocycles. The minimum Gasteiger partial charge on any atom is -0.497 e. The van der Waals surface area contributed by atoms with Gasteiger partial charge in [-0.3, -0.25) is 0 Å². The summed E-state index contributed by atoms with van der Waals surface area (Å²) in [6.07, 6.45) is -6.23. The van der Waals surface area contributed by atoms with Gasteiger partial charge in [0.15, 0.2) is 5.60 Å². The molecular formula is C21H24F4O3. The summed E-state index contributed by atoms with van der Waals surface area (Å²) in [7, 11) is 2.77. The van der Waals surface area contributed by atoms with Crippen molar-refractivity contribution >= 4 is 0 Å². The zero-order chi connectivity index (χ0) is 21.2. The predicted octanol–water partition coefficient (Wildman–Crippen LogP) is 5.05. The monoisotopic (exact) mass is 400 g/mol. The van der Waals surface area contributed by atoms with Gasteiger partial charge in [-0.2, -0.15) is 13.2 Å². The second-order valence-electron chi connectivity index (χ2n) is 7.46. The minimum atomic E-state index is -4.89. The van der Waals surface area contributed by atoms with Crippen molar-refractivity contribution in [1.29, 1.82) is 0 Å². The average molecular weight is 400 g/mol. The highest BCUT2D eigenvalue weighted by Crippen LogP contribution is 2.45. The Balaban J connectivity index is 2.44. The Bertz CT molecular complexity index is 818. The quantitative estimate of drug-likeness (QED) is 0.662. The molecule has 2 rings (SSSR count). The van der Waals surface area contributed by atoms with Crippen LogP contribution in [0.25, 0.3) is 0 Å². The fourth-order valence-electron chi connectivity index (χ4n) is 3.42. The summed E-state index contributed by atoms with van der Waals surface area (Å²) in [5, 5.41) is 10.7. The van der Waals surface area contributed by atoms with Crippen molar-refractivity contribution in [3.05, 3.63) is 59.4 Å². The van der Waals surface area contributed by atoms with E-state index >= 15 is 0 Å². The van der Waals surface area contributed by atoms with Crippen molar-refractivity contribution in [1.82, 2.24) is 0 Å². The summed E-state index contributed by atoms with van der Waals surface area (Å²) < 4.78 is 65.7. The van der Waals surface area contributed by atoms with Crippen LogP contribution in [-0.2, 0) is 11.8 Å². The van der Waals surface area contributed by atoms with Crippen molar-refractivity contribution in [3.63, 3.8) is 0 Å². The highest BCUT2D eigenvalue weighted by molar-refractivity contribution is 5.40. The number of benzene rings is 2. The lowest BCUT2D eigenvalue weighted by Crippen LogP contribution is -2.50. The molecule has 1 atom stereocenters. The molecule has 0 heterocycles. The Morgan fingerprint density at radius 2 is 1.64 bits per heavy atom. The van der Waals surface area contributed by atoms with Crippen molar-refractivity contribution in [2.75, 3.05) is 14.2 Å². The van der Waals surface area contributed by atoms with Gasteiger partial charge in [-0.1, -0.05) is 26.0 Å². The van der Waals surface area contributed by atoms with Crippen LogP contribution in [0.1, 0.15) is 31.4 Å². The van der Waals surface area contributed by atoms with Crippen LogP contribution in [-0.4, -0.2) is 31.1 Å². The number of halogens is 4. The van der Waals surface area contributed by atoms with E-state index in [0.29, 0.717) is 5.75 Å². The molecule has 28 heavy (non-hydrogen) atoms. The van der Waals surface area contributed by atoms with E-state index < -0.39 is 35.9 Å². The van der Waals surface area contributed by atoms with Crippen LogP contribution < -0.4 is 9.47 Å². The van der Waals surface area contributed by atoms with Gasteiger partial charge < -0.3 is 14.6 Å². The molecule has 0 saturated heterocycles. The Hall–Kier alpha value is -2.28. The third-order valence-corrected chi connectivity index (χ3v) is 4.78. The van der Waals surface area contributed by atoms with E-state index in [9.17, 15) is 22.7 Å². The summed E-state index contributed by atoms with van der Waals surface area (Å²) in [6.45, 7) is 3.04. The first kappa shape index (κ1) is 22.0. The maximum atomic E-state index is 13.9. The number of rotatable bonds is 7. The van der Waals surface area contributed by atoms with E-state index in [1.807, 2.05) is 0 Å². The summed E-state index contributed by atoms with van der Waals surface area (Å²) in [6, 6.07) is 9.79. The standard InChI is InChI=1S/C21H24F4O3/c1-19(2,17-11-15(22)8-9-18(17)28-4)13-20(26,21(23,24)25)12-14-6-5-7-16(10-14)27-3/h5-11,26H,12-13H2,1-4H3. The number of alkyl halides is 3. The van der Waals surface area contributed by atoms with E-state index in [1.54, 1.807) is 12.1 Å². The van der Waals surface area contributed by atoms with Gasteiger partial charge in [-0.05, 0) is 47.7 Å². The molecule has 0 aliphatic carbocycles. The van der Waals surface area contributed by atoms with E-state index in [-0.39, 0.29) is 16.9 Å². The summed E-state index contributed by atoms with van der Waals surface area (Å²) >= 11 is 0. The first-order chi connectivity index (χ1) is 12.9. The number of aliphatic hydroxyl groups is 1. The van der Waals surface area contributed by atoms with Crippen molar-refractivity contribution in [2.45, 2.75) is 43.9 Å². The van der Waals surface area contributed by atoms with Gasteiger partial charge in [0.1, 0.15) is 17.3 Å². The second-order valence-corrected chi connectivity index (χ2v) is 7.46. The molecule has 0 radical (unpaired) electrons. The normalized spacial score (nSPS) is 14.5. The van der Waals surface area contributed by atoms with E-state index in [1.165, 1.54) is 52.3 Å². The average Bonchev–Trinajstić information content (AvgIpc) is 2.60. The zero-order valence-corrected chi connectivity index (χ0v) is 16.2. The second kappa shape index (κ2) is 7.99. The number of hydrogen-bond acceptors (Lipinski definition) is 3. The van der Waals surface area contributed by atoms with E-state index in [2.05, 4.69) is 0 Å². The van der Waals surface area contributed by atoms with Crippen LogP contribution >= 0.6 is 0 Å². The molecule has 1 unspecified atom stereocenters. The molecule has 0 amide bonds. The molecule has 0 spiro atoms. The molecule has 154 valence electrons. The molecular weight excluding hydrogens is 376 g/mol. The summed E-state index contributed by atoms with van der Waals surface area (Å²) in [4.78, 5) is 0. The van der Waals surface area contributed by atoms with Crippen LogP contribution in [0.5, 0.6) is 11.5 Å². The summed E-state index contributed by atoms with van der Waals surface area (Å²) in [5.74, 6) is 0.0672.